The third-order valence-corrected chi connectivity index (χ3v) is 2.27. The van der Waals surface area contributed by atoms with Crippen LogP contribution >= 0.6 is 0 Å². The van der Waals surface area contributed by atoms with Crippen LogP contribution in [0.4, 0.5) is 14.9 Å². The molecule has 0 atom stereocenters. The summed E-state index contributed by atoms with van der Waals surface area (Å²) in [4.78, 5) is 23.6. The number of hydrogen-bond acceptors (Lipinski definition) is 3. The summed E-state index contributed by atoms with van der Waals surface area (Å²) in [6, 6.07) is 4.61. The van der Waals surface area contributed by atoms with Gasteiger partial charge in [-0.1, -0.05) is 0 Å². The molecule has 1 rings (SSSR count). The summed E-state index contributed by atoms with van der Waals surface area (Å²) in [6.45, 7) is -0.0592. The Balaban J connectivity index is 2.64. The first kappa shape index (κ1) is 14.9. The van der Waals surface area contributed by atoms with E-state index in [0.717, 1.165) is 4.90 Å². The fourth-order valence-electron chi connectivity index (χ4n) is 1.35. The van der Waals surface area contributed by atoms with E-state index in [-0.39, 0.29) is 13.2 Å². The van der Waals surface area contributed by atoms with Crippen LogP contribution in [0.15, 0.2) is 24.3 Å². The molecule has 0 aliphatic heterocycles. The number of hydrogen-bond donors (Lipinski definition) is 2. The van der Waals surface area contributed by atoms with Gasteiger partial charge in [0.1, 0.15) is 12.4 Å². The summed E-state index contributed by atoms with van der Waals surface area (Å²) < 4.78 is 17.5. The van der Waals surface area contributed by atoms with Crippen molar-refractivity contribution in [1.82, 2.24) is 4.90 Å². The Morgan fingerprint density at radius 1 is 1.37 bits per heavy atom. The Labute approximate surface area is 109 Å². The number of nitrogens with one attached hydrogen (secondary N) is 1. The van der Waals surface area contributed by atoms with Crippen molar-refractivity contribution in [3.63, 3.8) is 0 Å². The van der Waals surface area contributed by atoms with Gasteiger partial charge in [-0.2, -0.15) is 0 Å². The number of carboxylic acids is 1. The number of amides is 2. The monoisotopic (exact) mass is 270 g/mol. The highest BCUT2D eigenvalue weighted by molar-refractivity contribution is 5.91. The zero-order valence-corrected chi connectivity index (χ0v) is 10.4. The molecular weight excluding hydrogens is 255 g/mol. The lowest BCUT2D eigenvalue weighted by molar-refractivity contribution is -0.137. The molecule has 2 N–H and O–H groups in total. The molecule has 1 aromatic carbocycles. The number of anilines is 1. The van der Waals surface area contributed by atoms with Crippen LogP contribution in [0.1, 0.15) is 0 Å². The lowest BCUT2D eigenvalue weighted by Gasteiger charge is -2.20. The highest BCUT2D eigenvalue weighted by Crippen LogP contribution is 2.09. The van der Waals surface area contributed by atoms with Crippen molar-refractivity contribution >= 4 is 17.7 Å². The second kappa shape index (κ2) is 7.32. The third-order valence-electron chi connectivity index (χ3n) is 2.27. The average molecular weight is 270 g/mol. The van der Waals surface area contributed by atoms with Crippen LogP contribution in [-0.2, 0) is 9.53 Å². The van der Waals surface area contributed by atoms with Gasteiger partial charge < -0.3 is 20.1 Å². The summed E-state index contributed by atoms with van der Waals surface area (Å²) in [5.74, 6) is -1.54. The van der Waals surface area contributed by atoms with Crippen molar-refractivity contribution in [3.8, 4) is 0 Å². The molecule has 0 bridgehead atoms. The van der Waals surface area contributed by atoms with Gasteiger partial charge in [-0.05, 0) is 24.3 Å². The molecule has 0 aromatic heterocycles. The zero-order chi connectivity index (χ0) is 14.3. The fraction of sp³-hybridized carbons (Fsp3) is 0.333. The maximum absolute atomic E-state index is 12.7. The van der Waals surface area contributed by atoms with Crippen molar-refractivity contribution in [2.45, 2.75) is 0 Å². The van der Waals surface area contributed by atoms with Crippen molar-refractivity contribution in [2.75, 3.05) is 32.1 Å². The minimum Gasteiger partial charge on any atom is -0.480 e. The molecule has 0 radical (unpaired) electrons. The number of ether oxygens (including phenoxy) is 1. The number of methoxy groups -OCH3 is 1. The SMILES string of the molecule is COCCN(CC(=O)O)C(=O)Nc1ccc(F)cc1. The lowest BCUT2D eigenvalue weighted by atomic mass is 10.3. The molecule has 0 spiro atoms. The highest BCUT2D eigenvalue weighted by atomic mass is 19.1. The van der Waals surface area contributed by atoms with E-state index in [1.54, 1.807) is 0 Å². The summed E-state index contributed by atoms with van der Waals surface area (Å²) in [6.07, 6.45) is 0. The summed E-state index contributed by atoms with van der Waals surface area (Å²) >= 11 is 0. The van der Waals surface area contributed by atoms with Gasteiger partial charge in [0.25, 0.3) is 0 Å². The van der Waals surface area contributed by atoms with E-state index in [0.29, 0.717) is 5.69 Å². The van der Waals surface area contributed by atoms with E-state index in [1.165, 1.54) is 31.4 Å². The normalized spacial score (nSPS) is 10.0. The van der Waals surface area contributed by atoms with E-state index in [9.17, 15) is 14.0 Å². The molecule has 104 valence electrons. The Morgan fingerprint density at radius 3 is 2.53 bits per heavy atom. The van der Waals surface area contributed by atoms with Gasteiger partial charge in [0, 0.05) is 19.3 Å². The molecule has 7 heteroatoms. The number of urea groups is 1. The van der Waals surface area contributed by atoms with Crippen molar-refractivity contribution < 1.29 is 23.8 Å². The molecule has 0 unspecified atom stereocenters. The van der Waals surface area contributed by atoms with Gasteiger partial charge in [-0.3, -0.25) is 4.79 Å². The summed E-state index contributed by atoms with van der Waals surface area (Å²) in [5, 5.41) is 11.2. The first-order valence-electron chi connectivity index (χ1n) is 5.55. The lowest BCUT2D eigenvalue weighted by Crippen LogP contribution is -2.40. The molecule has 0 saturated carbocycles. The van der Waals surface area contributed by atoms with E-state index >= 15 is 0 Å². The van der Waals surface area contributed by atoms with Crippen LogP contribution in [0.2, 0.25) is 0 Å². The van der Waals surface area contributed by atoms with E-state index in [2.05, 4.69) is 5.32 Å². The number of nitrogens with zero attached hydrogens (tertiary/aromatic N) is 1. The molecule has 0 aliphatic rings. The second-order valence-electron chi connectivity index (χ2n) is 3.75. The first-order chi connectivity index (χ1) is 9.02. The van der Waals surface area contributed by atoms with Crippen molar-refractivity contribution in [2.24, 2.45) is 0 Å². The molecule has 2 amide bonds. The van der Waals surface area contributed by atoms with E-state index in [4.69, 9.17) is 9.84 Å². The summed E-state index contributed by atoms with van der Waals surface area (Å²) in [5.41, 5.74) is 0.388. The largest absolute Gasteiger partial charge is 0.480 e. The predicted octanol–water partition coefficient (Wildman–Crippen LogP) is 1.39. The number of benzene rings is 1. The highest BCUT2D eigenvalue weighted by Gasteiger charge is 2.16. The standard InChI is InChI=1S/C12H15FN2O4/c1-19-7-6-15(8-11(16)17)12(18)14-10-4-2-9(13)3-5-10/h2-5H,6-8H2,1H3,(H,14,18)(H,16,17). The van der Waals surface area contributed by atoms with Crippen LogP contribution in [0.5, 0.6) is 0 Å². The van der Waals surface area contributed by atoms with Gasteiger partial charge in [-0.25, -0.2) is 9.18 Å². The van der Waals surface area contributed by atoms with Crippen LogP contribution in [-0.4, -0.2) is 48.8 Å². The number of carbonyl (C=O) groups is 2. The maximum Gasteiger partial charge on any atom is 0.323 e. The van der Waals surface area contributed by atoms with Gasteiger partial charge in [0.2, 0.25) is 0 Å². The Hall–Kier alpha value is -2.15. The van der Waals surface area contributed by atoms with Gasteiger partial charge in [-0.15, -0.1) is 0 Å². The number of rotatable bonds is 6. The molecule has 0 aliphatic carbocycles. The van der Waals surface area contributed by atoms with Gasteiger partial charge in [0.05, 0.1) is 6.61 Å². The Bertz CT molecular complexity index is 436. The minimum absolute atomic E-state index is 0.149. The predicted molar refractivity (Wildman–Crippen MR) is 66.5 cm³/mol. The molecular formula is C12H15FN2O4. The summed E-state index contributed by atoms with van der Waals surface area (Å²) in [7, 11) is 1.46. The number of carbonyl (C=O) groups excluding carboxylic acids is 1. The topological polar surface area (TPSA) is 78.9 Å². The second-order valence-corrected chi connectivity index (χ2v) is 3.75. The van der Waals surface area contributed by atoms with Crippen LogP contribution in [0.3, 0.4) is 0 Å². The number of halogens is 1. The van der Waals surface area contributed by atoms with Crippen LogP contribution in [0, 0.1) is 5.82 Å². The van der Waals surface area contributed by atoms with Crippen LogP contribution < -0.4 is 5.32 Å². The quantitative estimate of drug-likeness (QED) is 0.818. The van der Waals surface area contributed by atoms with Crippen molar-refractivity contribution in [1.29, 1.82) is 0 Å². The molecule has 1 aromatic rings. The maximum atomic E-state index is 12.7. The van der Waals surface area contributed by atoms with Crippen molar-refractivity contribution in [3.05, 3.63) is 30.1 Å². The zero-order valence-electron chi connectivity index (χ0n) is 10.4. The molecule has 0 heterocycles. The third kappa shape index (κ3) is 5.35. The molecule has 0 fully saturated rings. The Morgan fingerprint density at radius 2 is 2.00 bits per heavy atom. The first-order valence-corrected chi connectivity index (χ1v) is 5.55. The average Bonchev–Trinajstić information content (AvgIpc) is 2.36. The van der Waals surface area contributed by atoms with Gasteiger partial charge >= 0.3 is 12.0 Å². The van der Waals surface area contributed by atoms with Crippen LogP contribution in [0.25, 0.3) is 0 Å². The molecule has 6 nitrogen and oxygen atoms in total. The van der Waals surface area contributed by atoms with E-state index < -0.39 is 24.4 Å². The molecule has 0 saturated heterocycles. The number of carboxylic acid groups (broad SMARTS) is 1. The number of aliphatic carboxylic acids is 1. The fourth-order valence-corrected chi connectivity index (χ4v) is 1.35. The molecule has 19 heavy (non-hydrogen) atoms. The minimum atomic E-state index is -1.12. The smallest absolute Gasteiger partial charge is 0.323 e. The van der Waals surface area contributed by atoms with E-state index in [1.807, 2.05) is 0 Å². The van der Waals surface area contributed by atoms with Gasteiger partial charge in [0.15, 0.2) is 0 Å². The Kier molecular flexibility index (Phi) is 5.74.